The lowest BCUT2D eigenvalue weighted by molar-refractivity contribution is 0.391. The highest BCUT2D eigenvalue weighted by molar-refractivity contribution is 9.10. The molecule has 0 bridgehead atoms. The third kappa shape index (κ3) is 2.34. The first kappa shape index (κ1) is 8.81. The van der Waals surface area contributed by atoms with E-state index in [2.05, 4.69) is 58.8 Å². The number of rotatable bonds is 2. The van der Waals surface area contributed by atoms with Crippen LogP contribution in [0.4, 0.5) is 0 Å². The molecule has 1 heterocycles. The Morgan fingerprint density at radius 2 is 2.18 bits per heavy atom. The second-order valence-corrected chi connectivity index (χ2v) is 3.91. The molecule has 0 fully saturated rings. The van der Waals surface area contributed by atoms with Gasteiger partial charge in [0.15, 0.2) is 0 Å². The number of hydrogen-bond donors (Lipinski definition) is 0. The van der Waals surface area contributed by atoms with E-state index in [1.165, 1.54) is 5.69 Å². The number of aryl methyl sites for hydroxylation is 1. The van der Waals surface area contributed by atoms with Gasteiger partial charge in [0.05, 0.1) is 0 Å². The Morgan fingerprint density at radius 1 is 1.55 bits per heavy atom. The van der Waals surface area contributed by atoms with Crippen LogP contribution in [-0.4, -0.2) is 23.6 Å². The molecule has 0 saturated carbocycles. The SMILES string of the molecule is CN(C)Cc1cc(Br)cn1C. The number of nitrogens with zero attached hydrogens (tertiary/aromatic N) is 2. The lowest BCUT2D eigenvalue weighted by Gasteiger charge is -2.09. The fourth-order valence-corrected chi connectivity index (χ4v) is 1.62. The van der Waals surface area contributed by atoms with E-state index in [1.807, 2.05) is 0 Å². The third-order valence-corrected chi connectivity index (χ3v) is 1.99. The molecular weight excluding hydrogens is 204 g/mol. The standard InChI is InChI=1S/C8H13BrN2/c1-10(2)6-8-4-7(9)5-11(8)3/h4-5H,6H2,1-3H3. The smallest absolute Gasteiger partial charge is 0.0381 e. The summed E-state index contributed by atoms with van der Waals surface area (Å²) in [6.07, 6.45) is 2.07. The van der Waals surface area contributed by atoms with Gasteiger partial charge in [-0.1, -0.05) is 0 Å². The normalized spacial score (nSPS) is 11.0. The van der Waals surface area contributed by atoms with Crippen molar-refractivity contribution < 1.29 is 0 Å². The van der Waals surface area contributed by atoms with Crippen molar-refractivity contribution in [1.29, 1.82) is 0 Å². The summed E-state index contributed by atoms with van der Waals surface area (Å²) in [6.45, 7) is 0.988. The van der Waals surface area contributed by atoms with Crippen molar-refractivity contribution in [3.05, 3.63) is 22.4 Å². The summed E-state index contributed by atoms with van der Waals surface area (Å²) in [5.41, 5.74) is 1.32. The van der Waals surface area contributed by atoms with Crippen LogP contribution in [-0.2, 0) is 13.6 Å². The monoisotopic (exact) mass is 216 g/mol. The van der Waals surface area contributed by atoms with Gasteiger partial charge < -0.3 is 9.47 Å². The zero-order valence-electron chi connectivity index (χ0n) is 7.13. The summed E-state index contributed by atoms with van der Waals surface area (Å²) < 4.78 is 3.28. The minimum Gasteiger partial charge on any atom is -0.352 e. The van der Waals surface area contributed by atoms with Crippen molar-refractivity contribution in [2.45, 2.75) is 6.54 Å². The van der Waals surface area contributed by atoms with Crippen LogP contribution in [0.1, 0.15) is 5.69 Å². The quantitative estimate of drug-likeness (QED) is 0.733. The molecule has 1 rings (SSSR count). The van der Waals surface area contributed by atoms with Gasteiger partial charge in [-0.3, -0.25) is 0 Å². The highest BCUT2D eigenvalue weighted by Gasteiger charge is 2.00. The van der Waals surface area contributed by atoms with E-state index in [4.69, 9.17) is 0 Å². The van der Waals surface area contributed by atoms with Crippen molar-refractivity contribution in [2.24, 2.45) is 7.05 Å². The summed E-state index contributed by atoms with van der Waals surface area (Å²) >= 11 is 3.43. The second kappa shape index (κ2) is 3.41. The molecule has 0 aliphatic rings. The van der Waals surface area contributed by atoms with Gasteiger partial charge in [0.25, 0.3) is 0 Å². The van der Waals surface area contributed by atoms with Crippen molar-refractivity contribution in [3.63, 3.8) is 0 Å². The first-order valence-electron chi connectivity index (χ1n) is 3.55. The Morgan fingerprint density at radius 3 is 2.55 bits per heavy atom. The van der Waals surface area contributed by atoms with Gasteiger partial charge in [0, 0.05) is 30.0 Å². The summed E-state index contributed by atoms with van der Waals surface area (Å²) in [5.74, 6) is 0. The van der Waals surface area contributed by atoms with Crippen LogP contribution in [0, 0.1) is 0 Å². The molecule has 0 aliphatic carbocycles. The predicted octanol–water partition coefficient (Wildman–Crippen LogP) is 1.85. The fraction of sp³-hybridized carbons (Fsp3) is 0.500. The van der Waals surface area contributed by atoms with Crippen LogP contribution in [0.15, 0.2) is 16.7 Å². The molecule has 0 amide bonds. The topological polar surface area (TPSA) is 8.17 Å². The van der Waals surface area contributed by atoms with Crippen molar-refractivity contribution in [3.8, 4) is 0 Å². The van der Waals surface area contributed by atoms with E-state index in [0.717, 1.165) is 11.0 Å². The van der Waals surface area contributed by atoms with E-state index in [1.54, 1.807) is 0 Å². The number of aromatic nitrogens is 1. The lowest BCUT2D eigenvalue weighted by atomic mass is 10.4. The maximum absolute atomic E-state index is 3.43. The van der Waals surface area contributed by atoms with Crippen molar-refractivity contribution in [2.75, 3.05) is 14.1 Å². The molecule has 62 valence electrons. The molecule has 0 aromatic carbocycles. The molecule has 0 unspecified atom stereocenters. The Balaban J connectivity index is 2.77. The maximum atomic E-state index is 3.43. The number of hydrogen-bond acceptors (Lipinski definition) is 1. The van der Waals surface area contributed by atoms with Gasteiger partial charge in [-0.15, -0.1) is 0 Å². The zero-order valence-corrected chi connectivity index (χ0v) is 8.72. The fourth-order valence-electron chi connectivity index (χ4n) is 1.05. The van der Waals surface area contributed by atoms with Gasteiger partial charge in [-0.05, 0) is 36.1 Å². The summed E-state index contributed by atoms with van der Waals surface area (Å²) in [5, 5.41) is 0. The Hall–Kier alpha value is -0.280. The predicted molar refractivity (Wildman–Crippen MR) is 50.5 cm³/mol. The van der Waals surface area contributed by atoms with Crippen LogP contribution in [0.5, 0.6) is 0 Å². The molecule has 1 aromatic rings. The van der Waals surface area contributed by atoms with Crippen LogP contribution in [0.3, 0.4) is 0 Å². The molecule has 3 heteroatoms. The highest BCUT2D eigenvalue weighted by Crippen LogP contribution is 2.14. The molecule has 0 atom stereocenters. The van der Waals surface area contributed by atoms with Crippen molar-refractivity contribution in [1.82, 2.24) is 9.47 Å². The van der Waals surface area contributed by atoms with E-state index in [-0.39, 0.29) is 0 Å². The molecule has 11 heavy (non-hydrogen) atoms. The lowest BCUT2D eigenvalue weighted by Crippen LogP contribution is -2.12. The van der Waals surface area contributed by atoms with E-state index in [9.17, 15) is 0 Å². The van der Waals surface area contributed by atoms with E-state index in [0.29, 0.717) is 0 Å². The summed E-state index contributed by atoms with van der Waals surface area (Å²) in [6, 6.07) is 2.14. The molecule has 1 aromatic heterocycles. The molecule has 0 N–H and O–H groups in total. The minimum absolute atomic E-state index is 0.988. The van der Waals surface area contributed by atoms with Crippen LogP contribution < -0.4 is 0 Å². The Labute approximate surface area is 75.9 Å². The molecule has 0 spiro atoms. The highest BCUT2D eigenvalue weighted by atomic mass is 79.9. The average molecular weight is 217 g/mol. The van der Waals surface area contributed by atoms with Crippen LogP contribution >= 0.6 is 15.9 Å². The van der Waals surface area contributed by atoms with E-state index < -0.39 is 0 Å². The first-order chi connectivity index (χ1) is 5.09. The van der Waals surface area contributed by atoms with Gasteiger partial charge in [-0.2, -0.15) is 0 Å². The van der Waals surface area contributed by atoms with Gasteiger partial charge >= 0.3 is 0 Å². The van der Waals surface area contributed by atoms with Gasteiger partial charge in [-0.25, -0.2) is 0 Å². The average Bonchev–Trinajstić information content (AvgIpc) is 2.09. The molecule has 0 aliphatic heterocycles. The molecule has 2 nitrogen and oxygen atoms in total. The molecular formula is C8H13BrN2. The maximum Gasteiger partial charge on any atom is 0.0381 e. The molecule has 0 saturated heterocycles. The van der Waals surface area contributed by atoms with Gasteiger partial charge in [0.1, 0.15) is 0 Å². The Kier molecular flexibility index (Phi) is 2.73. The summed E-state index contributed by atoms with van der Waals surface area (Å²) in [4.78, 5) is 2.15. The van der Waals surface area contributed by atoms with Gasteiger partial charge in [0.2, 0.25) is 0 Å². The number of halogens is 1. The van der Waals surface area contributed by atoms with Crippen LogP contribution in [0.25, 0.3) is 0 Å². The summed E-state index contributed by atoms with van der Waals surface area (Å²) in [7, 11) is 6.20. The second-order valence-electron chi connectivity index (χ2n) is 3.00. The van der Waals surface area contributed by atoms with E-state index >= 15 is 0 Å². The largest absolute Gasteiger partial charge is 0.352 e. The third-order valence-electron chi connectivity index (χ3n) is 1.55. The minimum atomic E-state index is 0.988. The first-order valence-corrected chi connectivity index (χ1v) is 4.34. The van der Waals surface area contributed by atoms with Crippen LogP contribution in [0.2, 0.25) is 0 Å². The molecule has 0 radical (unpaired) electrons. The zero-order chi connectivity index (χ0) is 8.43. The Bertz CT molecular complexity index is 240. The van der Waals surface area contributed by atoms with Crippen molar-refractivity contribution >= 4 is 15.9 Å².